The Morgan fingerprint density at radius 2 is 2.25 bits per heavy atom. The van der Waals surface area contributed by atoms with Gasteiger partial charge >= 0.3 is 5.97 Å². The fourth-order valence-corrected chi connectivity index (χ4v) is 2.43. The number of carbonyl (C=O) groups is 1. The van der Waals surface area contributed by atoms with E-state index >= 15 is 0 Å². The minimum Gasteiger partial charge on any atom is -0.480 e. The van der Waals surface area contributed by atoms with Crippen LogP contribution in [0.3, 0.4) is 0 Å². The molecule has 0 spiro atoms. The summed E-state index contributed by atoms with van der Waals surface area (Å²) in [4.78, 5) is 11.2. The third-order valence-electron chi connectivity index (χ3n) is 2.50. The van der Waals surface area contributed by atoms with Gasteiger partial charge in [0, 0.05) is 15.5 Å². The molecule has 1 aromatic rings. The Bertz CT molecular complexity index is 420. The van der Waals surface area contributed by atoms with E-state index in [4.69, 9.17) is 11.6 Å². The number of halogens is 2. The highest BCUT2D eigenvalue weighted by molar-refractivity contribution is 9.10. The maximum atomic E-state index is 11.2. The van der Waals surface area contributed by atoms with E-state index in [1.165, 1.54) is 0 Å². The number of hydrogen-bond acceptors (Lipinski definition) is 2. The molecular formula is C11H11BrClNO2. The van der Waals surface area contributed by atoms with Crippen molar-refractivity contribution in [3.05, 3.63) is 33.3 Å². The van der Waals surface area contributed by atoms with Crippen LogP contribution >= 0.6 is 27.5 Å². The summed E-state index contributed by atoms with van der Waals surface area (Å²) in [5.41, 5.74) is 0.712. The third-order valence-corrected chi connectivity index (χ3v) is 3.42. The largest absolute Gasteiger partial charge is 0.480 e. The quantitative estimate of drug-likeness (QED) is 0.899. The number of carboxylic acids is 1. The molecule has 1 aliphatic carbocycles. The molecule has 86 valence electrons. The van der Waals surface area contributed by atoms with Crippen LogP contribution in [0.25, 0.3) is 0 Å². The van der Waals surface area contributed by atoms with Gasteiger partial charge in [0.15, 0.2) is 0 Å². The molecule has 0 bridgehead atoms. The molecule has 1 atom stereocenters. The average Bonchev–Trinajstić information content (AvgIpc) is 2.98. The smallest absolute Gasteiger partial charge is 0.325 e. The molecule has 1 unspecified atom stereocenters. The highest BCUT2D eigenvalue weighted by Crippen LogP contribution is 2.30. The predicted octanol–water partition coefficient (Wildman–Crippen LogP) is 2.98. The number of aliphatic carboxylic acids is 1. The second kappa shape index (κ2) is 4.73. The van der Waals surface area contributed by atoms with E-state index in [1.54, 1.807) is 18.2 Å². The molecule has 16 heavy (non-hydrogen) atoms. The Labute approximate surface area is 107 Å². The van der Waals surface area contributed by atoms with E-state index in [0.717, 1.165) is 17.3 Å². The average molecular weight is 305 g/mol. The molecule has 0 aromatic heterocycles. The molecule has 1 fully saturated rings. The summed E-state index contributed by atoms with van der Waals surface area (Å²) in [6.07, 6.45) is 2.10. The van der Waals surface area contributed by atoms with Crippen molar-refractivity contribution in [2.75, 3.05) is 0 Å². The lowest BCUT2D eigenvalue weighted by Crippen LogP contribution is -2.30. The summed E-state index contributed by atoms with van der Waals surface area (Å²) >= 11 is 9.16. The molecule has 2 rings (SSSR count). The van der Waals surface area contributed by atoms with Crippen molar-refractivity contribution in [3.63, 3.8) is 0 Å². The fourth-order valence-electron chi connectivity index (χ4n) is 1.52. The van der Waals surface area contributed by atoms with Crippen LogP contribution in [0.15, 0.2) is 22.7 Å². The normalized spacial score (nSPS) is 17.1. The standard InChI is InChI=1S/C11H11BrClNO2/c12-9-5-6(13)1-4-8(9)10(11(15)16)14-7-2-3-7/h1,4-5,7,10,14H,2-3H2,(H,15,16). The van der Waals surface area contributed by atoms with E-state index < -0.39 is 12.0 Å². The first kappa shape index (κ1) is 11.9. The van der Waals surface area contributed by atoms with Crippen molar-refractivity contribution in [2.45, 2.75) is 24.9 Å². The van der Waals surface area contributed by atoms with Crippen LogP contribution < -0.4 is 5.32 Å². The molecule has 2 N–H and O–H groups in total. The summed E-state index contributed by atoms with van der Waals surface area (Å²) < 4.78 is 0.723. The van der Waals surface area contributed by atoms with Gasteiger partial charge in [-0.05, 0) is 30.5 Å². The van der Waals surface area contributed by atoms with Gasteiger partial charge in [-0.15, -0.1) is 0 Å². The predicted molar refractivity (Wildman–Crippen MR) is 65.7 cm³/mol. The molecule has 1 aliphatic rings. The maximum absolute atomic E-state index is 11.2. The lowest BCUT2D eigenvalue weighted by molar-refractivity contribution is -0.139. The number of hydrogen-bond donors (Lipinski definition) is 2. The zero-order valence-corrected chi connectivity index (χ0v) is 10.8. The summed E-state index contributed by atoms with van der Waals surface area (Å²) in [5.74, 6) is -0.866. The molecular weight excluding hydrogens is 293 g/mol. The van der Waals surface area contributed by atoms with Gasteiger partial charge in [0.25, 0.3) is 0 Å². The van der Waals surface area contributed by atoms with E-state index in [0.29, 0.717) is 16.6 Å². The molecule has 0 aliphatic heterocycles. The number of benzene rings is 1. The number of nitrogens with one attached hydrogen (secondary N) is 1. The van der Waals surface area contributed by atoms with Crippen LogP contribution in [0.4, 0.5) is 0 Å². The Balaban J connectivity index is 2.26. The van der Waals surface area contributed by atoms with Crippen molar-refractivity contribution < 1.29 is 9.90 Å². The van der Waals surface area contributed by atoms with E-state index in [2.05, 4.69) is 21.2 Å². The van der Waals surface area contributed by atoms with E-state index in [-0.39, 0.29) is 0 Å². The molecule has 0 radical (unpaired) electrons. The second-order valence-corrected chi connectivity index (χ2v) is 5.17. The van der Waals surface area contributed by atoms with E-state index in [9.17, 15) is 9.90 Å². The van der Waals surface area contributed by atoms with Gasteiger partial charge in [-0.25, -0.2) is 0 Å². The summed E-state index contributed by atoms with van der Waals surface area (Å²) in [5, 5.41) is 12.9. The van der Waals surface area contributed by atoms with Crippen LogP contribution in [0.5, 0.6) is 0 Å². The van der Waals surface area contributed by atoms with Gasteiger partial charge in [0.05, 0.1) is 0 Å². The minimum atomic E-state index is -0.866. The Morgan fingerprint density at radius 3 is 2.75 bits per heavy atom. The topological polar surface area (TPSA) is 49.3 Å². The molecule has 1 aromatic carbocycles. The van der Waals surface area contributed by atoms with Gasteiger partial charge in [0.1, 0.15) is 6.04 Å². The molecule has 0 saturated heterocycles. The van der Waals surface area contributed by atoms with Gasteiger partial charge in [-0.3, -0.25) is 10.1 Å². The first-order valence-corrected chi connectivity index (χ1v) is 6.19. The lowest BCUT2D eigenvalue weighted by Gasteiger charge is -2.16. The highest BCUT2D eigenvalue weighted by Gasteiger charge is 2.30. The first-order valence-electron chi connectivity index (χ1n) is 5.01. The minimum absolute atomic E-state index is 0.337. The summed E-state index contributed by atoms with van der Waals surface area (Å²) in [6, 6.07) is 4.82. The maximum Gasteiger partial charge on any atom is 0.325 e. The molecule has 5 heteroatoms. The zero-order valence-electron chi connectivity index (χ0n) is 8.41. The molecule has 1 saturated carbocycles. The van der Waals surface area contributed by atoms with Crippen LogP contribution in [0.2, 0.25) is 5.02 Å². The Morgan fingerprint density at radius 1 is 1.56 bits per heavy atom. The fraction of sp³-hybridized carbons (Fsp3) is 0.364. The number of carboxylic acid groups (broad SMARTS) is 1. The molecule has 0 heterocycles. The zero-order chi connectivity index (χ0) is 11.7. The Kier molecular flexibility index (Phi) is 3.52. The summed E-state index contributed by atoms with van der Waals surface area (Å²) in [7, 11) is 0. The molecule has 3 nitrogen and oxygen atoms in total. The van der Waals surface area contributed by atoms with Crippen molar-refractivity contribution in [1.82, 2.24) is 5.32 Å². The van der Waals surface area contributed by atoms with Gasteiger partial charge < -0.3 is 5.11 Å². The second-order valence-electron chi connectivity index (χ2n) is 3.88. The molecule has 0 amide bonds. The van der Waals surface area contributed by atoms with Gasteiger partial charge in [-0.1, -0.05) is 33.6 Å². The lowest BCUT2D eigenvalue weighted by atomic mass is 10.1. The van der Waals surface area contributed by atoms with Crippen LogP contribution in [-0.4, -0.2) is 17.1 Å². The van der Waals surface area contributed by atoms with Crippen molar-refractivity contribution in [2.24, 2.45) is 0 Å². The first-order chi connectivity index (χ1) is 7.58. The van der Waals surface area contributed by atoms with Gasteiger partial charge in [0.2, 0.25) is 0 Å². The summed E-state index contributed by atoms with van der Waals surface area (Å²) in [6.45, 7) is 0. The van der Waals surface area contributed by atoms with E-state index in [1.807, 2.05) is 0 Å². The Hall–Kier alpha value is -0.580. The van der Waals surface area contributed by atoms with Crippen molar-refractivity contribution in [1.29, 1.82) is 0 Å². The monoisotopic (exact) mass is 303 g/mol. The third kappa shape index (κ3) is 2.75. The van der Waals surface area contributed by atoms with Crippen LogP contribution in [0.1, 0.15) is 24.4 Å². The van der Waals surface area contributed by atoms with Crippen LogP contribution in [0, 0.1) is 0 Å². The van der Waals surface area contributed by atoms with Crippen LogP contribution in [-0.2, 0) is 4.79 Å². The highest BCUT2D eigenvalue weighted by atomic mass is 79.9. The SMILES string of the molecule is O=C(O)C(NC1CC1)c1ccc(Cl)cc1Br. The number of rotatable bonds is 4. The van der Waals surface area contributed by atoms with Crippen molar-refractivity contribution >= 4 is 33.5 Å². The van der Waals surface area contributed by atoms with Gasteiger partial charge in [-0.2, -0.15) is 0 Å². The van der Waals surface area contributed by atoms with Crippen molar-refractivity contribution in [3.8, 4) is 0 Å².